The van der Waals surface area contributed by atoms with Crippen molar-refractivity contribution in [2.45, 2.75) is 44.8 Å². The fraction of sp³-hybridized carbons (Fsp3) is 0.500. The molecule has 4 nitrogen and oxygen atoms in total. The number of nitrogens with one attached hydrogen (secondary N) is 1. The number of hydrogen-bond donors (Lipinski definition) is 2. The number of ether oxygens (including phenoxy) is 1. The molecule has 1 heterocycles. The third-order valence-corrected chi connectivity index (χ3v) is 5.69. The van der Waals surface area contributed by atoms with E-state index in [1.54, 1.807) is 7.11 Å². The summed E-state index contributed by atoms with van der Waals surface area (Å²) >= 11 is 1.82. The summed E-state index contributed by atoms with van der Waals surface area (Å²) < 4.78 is 5.22. The van der Waals surface area contributed by atoms with Crippen molar-refractivity contribution in [1.82, 2.24) is 10.3 Å². The first-order chi connectivity index (χ1) is 11.2. The van der Waals surface area contributed by atoms with Gasteiger partial charge in [-0.3, -0.25) is 0 Å². The Bertz CT molecular complexity index is 656. The minimum atomic E-state index is -0.533. The molecule has 2 N–H and O–H groups in total. The lowest BCUT2D eigenvalue weighted by atomic mass is 9.97. The van der Waals surface area contributed by atoms with Gasteiger partial charge in [0.25, 0.3) is 0 Å². The molecule has 0 aliphatic heterocycles. The number of thiazole rings is 1. The lowest BCUT2D eigenvalue weighted by molar-refractivity contribution is 0.168. The minimum absolute atomic E-state index is 0.316. The largest absolute Gasteiger partial charge is 0.497 e. The van der Waals surface area contributed by atoms with Gasteiger partial charge >= 0.3 is 0 Å². The summed E-state index contributed by atoms with van der Waals surface area (Å²) in [5.74, 6) is 0.775. The van der Waals surface area contributed by atoms with E-state index < -0.39 is 6.10 Å². The lowest BCUT2D eigenvalue weighted by Crippen LogP contribution is -2.28. The zero-order chi connectivity index (χ0) is 16.2. The molecule has 0 fully saturated rings. The van der Waals surface area contributed by atoms with E-state index in [1.165, 1.54) is 15.6 Å². The summed E-state index contributed by atoms with van der Waals surface area (Å²) in [4.78, 5) is 6.09. The van der Waals surface area contributed by atoms with E-state index >= 15 is 0 Å². The number of benzene rings is 1. The van der Waals surface area contributed by atoms with Crippen LogP contribution in [0.2, 0.25) is 0 Å². The monoisotopic (exact) mass is 332 g/mol. The average Bonchev–Trinajstić information content (AvgIpc) is 3.03. The van der Waals surface area contributed by atoms with Crippen molar-refractivity contribution >= 4 is 11.3 Å². The number of aliphatic hydroxyl groups is 1. The zero-order valence-corrected chi connectivity index (χ0v) is 14.5. The van der Waals surface area contributed by atoms with Crippen molar-refractivity contribution in [3.05, 3.63) is 45.4 Å². The molecule has 23 heavy (non-hydrogen) atoms. The van der Waals surface area contributed by atoms with E-state index in [0.29, 0.717) is 12.6 Å². The Morgan fingerprint density at radius 2 is 2.35 bits per heavy atom. The zero-order valence-electron chi connectivity index (χ0n) is 13.7. The lowest BCUT2D eigenvalue weighted by Gasteiger charge is -2.24. The molecule has 0 radical (unpaired) electrons. The normalized spacial score (nSPS) is 18.5. The van der Waals surface area contributed by atoms with E-state index in [4.69, 9.17) is 9.72 Å². The number of hydrogen-bond acceptors (Lipinski definition) is 5. The molecule has 5 heteroatoms. The van der Waals surface area contributed by atoms with Crippen molar-refractivity contribution in [3.8, 4) is 5.75 Å². The van der Waals surface area contributed by atoms with E-state index in [9.17, 15) is 5.11 Å². The molecule has 0 spiro atoms. The van der Waals surface area contributed by atoms with Crippen molar-refractivity contribution in [1.29, 1.82) is 0 Å². The number of aromatic nitrogens is 1. The van der Waals surface area contributed by atoms with Gasteiger partial charge in [0.1, 0.15) is 5.75 Å². The molecule has 3 rings (SSSR count). The van der Waals surface area contributed by atoms with E-state index in [2.05, 4.69) is 12.2 Å². The Hall–Kier alpha value is -1.43. The molecule has 2 aromatic rings. The third-order valence-electron chi connectivity index (χ3n) is 4.33. The highest BCUT2D eigenvalue weighted by atomic mass is 32.1. The number of methoxy groups -OCH3 is 1. The Morgan fingerprint density at radius 1 is 1.48 bits per heavy atom. The molecule has 0 saturated heterocycles. The van der Waals surface area contributed by atoms with Crippen LogP contribution in [-0.4, -0.2) is 23.7 Å². The Labute approximate surface area is 141 Å². The quantitative estimate of drug-likeness (QED) is 0.851. The maximum absolute atomic E-state index is 10.4. The molecule has 1 aromatic carbocycles. The van der Waals surface area contributed by atoms with Crippen LogP contribution < -0.4 is 10.1 Å². The van der Waals surface area contributed by atoms with Crippen molar-refractivity contribution < 1.29 is 9.84 Å². The number of nitrogens with zero attached hydrogens (tertiary/aromatic N) is 1. The number of aryl methyl sites for hydroxylation is 2. The first-order valence-corrected chi connectivity index (χ1v) is 9.06. The molecular weight excluding hydrogens is 308 g/mol. The number of rotatable bonds is 6. The Balaban J connectivity index is 1.65. The van der Waals surface area contributed by atoms with Crippen LogP contribution >= 0.6 is 11.3 Å². The molecule has 0 bridgehead atoms. The fourth-order valence-electron chi connectivity index (χ4n) is 3.04. The molecule has 124 valence electrons. The van der Waals surface area contributed by atoms with E-state index in [1.807, 2.05) is 35.6 Å². The summed E-state index contributed by atoms with van der Waals surface area (Å²) in [7, 11) is 1.64. The van der Waals surface area contributed by atoms with Crippen LogP contribution in [0.5, 0.6) is 5.75 Å². The van der Waals surface area contributed by atoms with Gasteiger partial charge in [0.15, 0.2) is 0 Å². The van der Waals surface area contributed by atoms with Crippen LogP contribution in [0.3, 0.4) is 0 Å². The van der Waals surface area contributed by atoms with Gasteiger partial charge in [-0.15, -0.1) is 11.3 Å². The molecule has 1 aromatic heterocycles. The molecule has 1 aliphatic rings. The van der Waals surface area contributed by atoms with Crippen molar-refractivity contribution in [2.24, 2.45) is 0 Å². The van der Waals surface area contributed by atoms with Crippen molar-refractivity contribution in [3.63, 3.8) is 0 Å². The van der Waals surface area contributed by atoms with Crippen molar-refractivity contribution in [2.75, 3.05) is 13.7 Å². The summed E-state index contributed by atoms with van der Waals surface area (Å²) in [5, 5.41) is 15.2. The van der Waals surface area contributed by atoms with Crippen LogP contribution in [0.1, 0.15) is 53.1 Å². The predicted octanol–water partition coefficient (Wildman–Crippen LogP) is 3.41. The standard InChI is InChI=1S/C18H24N2O2S/c1-3-17-20-15-9-5-8-14(18(15)23-17)19-11-16(21)12-6-4-7-13(10-12)22-2/h4,6-7,10,14,16,19,21H,3,5,8-9,11H2,1-2H3. The number of aliphatic hydroxyl groups excluding tert-OH is 1. The Morgan fingerprint density at radius 3 is 3.13 bits per heavy atom. The van der Waals surface area contributed by atoms with Gasteiger partial charge in [-0.1, -0.05) is 19.1 Å². The number of fused-ring (bicyclic) bond motifs is 1. The molecule has 1 aliphatic carbocycles. The van der Waals surface area contributed by atoms with Gasteiger partial charge in [-0.2, -0.15) is 0 Å². The average molecular weight is 332 g/mol. The predicted molar refractivity (Wildman–Crippen MR) is 93.1 cm³/mol. The highest BCUT2D eigenvalue weighted by Gasteiger charge is 2.24. The first kappa shape index (κ1) is 16.4. The Kier molecular flexibility index (Phi) is 5.30. The summed E-state index contributed by atoms with van der Waals surface area (Å²) in [5.41, 5.74) is 2.14. The maximum Gasteiger partial charge on any atom is 0.119 e. The molecule has 0 amide bonds. The van der Waals surface area contributed by atoms with Gasteiger partial charge < -0.3 is 15.2 Å². The maximum atomic E-state index is 10.4. The van der Waals surface area contributed by atoms with Gasteiger partial charge in [-0.25, -0.2) is 4.98 Å². The second-order valence-electron chi connectivity index (χ2n) is 5.92. The molecule has 0 saturated carbocycles. The van der Waals surface area contributed by atoms with E-state index in [-0.39, 0.29) is 0 Å². The van der Waals surface area contributed by atoms with Gasteiger partial charge in [0.05, 0.1) is 23.9 Å². The SMILES string of the molecule is CCc1nc2c(s1)C(NCC(O)c1cccc(OC)c1)CCC2. The topological polar surface area (TPSA) is 54.4 Å². The van der Waals surface area contributed by atoms with Crippen LogP contribution in [-0.2, 0) is 12.8 Å². The van der Waals surface area contributed by atoms with Gasteiger partial charge in [0, 0.05) is 17.5 Å². The fourth-order valence-corrected chi connectivity index (χ4v) is 4.20. The summed E-state index contributed by atoms with van der Waals surface area (Å²) in [6.07, 6.45) is 3.82. The second-order valence-corrected chi connectivity index (χ2v) is 7.03. The second kappa shape index (κ2) is 7.43. The summed E-state index contributed by atoms with van der Waals surface area (Å²) in [6, 6.07) is 7.94. The minimum Gasteiger partial charge on any atom is -0.497 e. The van der Waals surface area contributed by atoms with Crippen LogP contribution in [0.25, 0.3) is 0 Å². The van der Waals surface area contributed by atoms with Crippen LogP contribution in [0.4, 0.5) is 0 Å². The van der Waals surface area contributed by atoms with Gasteiger partial charge in [-0.05, 0) is 43.4 Å². The third kappa shape index (κ3) is 3.74. The molecular formula is C18H24N2O2S. The van der Waals surface area contributed by atoms with Gasteiger partial charge in [0.2, 0.25) is 0 Å². The smallest absolute Gasteiger partial charge is 0.119 e. The van der Waals surface area contributed by atoms with Crippen LogP contribution in [0.15, 0.2) is 24.3 Å². The van der Waals surface area contributed by atoms with Crippen LogP contribution in [0, 0.1) is 0 Å². The highest BCUT2D eigenvalue weighted by Crippen LogP contribution is 2.34. The summed E-state index contributed by atoms with van der Waals surface area (Å²) in [6.45, 7) is 2.69. The highest BCUT2D eigenvalue weighted by molar-refractivity contribution is 7.11. The van der Waals surface area contributed by atoms with E-state index in [0.717, 1.165) is 37.0 Å². The molecule has 2 atom stereocenters. The first-order valence-electron chi connectivity index (χ1n) is 8.25. The molecule has 2 unspecified atom stereocenters.